The molecule has 5 nitrogen and oxygen atoms in total. The van der Waals surface area contributed by atoms with E-state index in [2.05, 4.69) is 9.55 Å². The van der Waals surface area contributed by atoms with Gasteiger partial charge >= 0.3 is 5.97 Å². The maximum Gasteiger partial charge on any atom is 0.335 e. The van der Waals surface area contributed by atoms with Crippen molar-refractivity contribution in [1.82, 2.24) is 9.55 Å². The van der Waals surface area contributed by atoms with E-state index < -0.39 is 5.97 Å². The quantitative estimate of drug-likeness (QED) is 0.791. The number of nitrogens with zero attached hydrogens (tertiary/aromatic N) is 2. The lowest BCUT2D eigenvalue weighted by molar-refractivity contribution is 0.0697. The Labute approximate surface area is 105 Å². The summed E-state index contributed by atoms with van der Waals surface area (Å²) in [5.74, 6) is -0.0742. The molecule has 0 atom stereocenters. The minimum atomic E-state index is -0.940. The van der Waals surface area contributed by atoms with E-state index in [-0.39, 0.29) is 12.2 Å². The normalized spacial score (nSPS) is 11.0. The minimum absolute atomic E-state index is 0.189. The third kappa shape index (κ3) is 2.36. The molecule has 5 heteroatoms. The number of carbonyl (C=O) groups is 1. The number of rotatable bonds is 5. The molecule has 0 aliphatic carbocycles. The number of carboxylic acids is 1. The molecule has 0 spiro atoms. The van der Waals surface area contributed by atoms with E-state index >= 15 is 0 Å². The first-order valence-corrected chi connectivity index (χ1v) is 5.94. The van der Waals surface area contributed by atoms with Gasteiger partial charge in [0.15, 0.2) is 0 Å². The molecule has 0 aliphatic heterocycles. The fourth-order valence-electron chi connectivity index (χ4n) is 2.05. The molecule has 0 amide bonds. The van der Waals surface area contributed by atoms with Crippen molar-refractivity contribution >= 4 is 17.0 Å². The Kier molecular flexibility index (Phi) is 3.62. The SMILES string of the molecule is Cc1nc2cc(C(=O)O)ccc2n1CCCCO. The minimum Gasteiger partial charge on any atom is -0.478 e. The van der Waals surface area contributed by atoms with Crippen LogP contribution in [-0.2, 0) is 6.54 Å². The van der Waals surface area contributed by atoms with Crippen LogP contribution in [0.25, 0.3) is 11.0 Å². The highest BCUT2D eigenvalue weighted by Gasteiger charge is 2.10. The molecule has 96 valence electrons. The fourth-order valence-corrected chi connectivity index (χ4v) is 2.05. The number of aromatic nitrogens is 2. The number of aromatic carboxylic acids is 1. The van der Waals surface area contributed by atoms with Crippen LogP contribution in [0.5, 0.6) is 0 Å². The van der Waals surface area contributed by atoms with Crippen LogP contribution < -0.4 is 0 Å². The van der Waals surface area contributed by atoms with Crippen LogP contribution in [0.2, 0.25) is 0 Å². The Morgan fingerprint density at radius 2 is 2.17 bits per heavy atom. The average Bonchev–Trinajstić information content (AvgIpc) is 2.65. The summed E-state index contributed by atoms with van der Waals surface area (Å²) in [4.78, 5) is 15.3. The van der Waals surface area contributed by atoms with Gasteiger partial charge < -0.3 is 14.8 Å². The van der Waals surface area contributed by atoms with Crippen molar-refractivity contribution in [1.29, 1.82) is 0 Å². The summed E-state index contributed by atoms with van der Waals surface area (Å²) >= 11 is 0. The van der Waals surface area contributed by atoms with Crippen molar-refractivity contribution < 1.29 is 15.0 Å². The molecular weight excluding hydrogens is 232 g/mol. The van der Waals surface area contributed by atoms with Crippen LogP contribution in [0.1, 0.15) is 29.0 Å². The van der Waals surface area contributed by atoms with Gasteiger partial charge in [0.1, 0.15) is 5.82 Å². The maximum atomic E-state index is 10.9. The first-order valence-electron chi connectivity index (χ1n) is 5.94. The monoisotopic (exact) mass is 248 g/mol. The molecule has 0 radical (unpaired) electrons. The molecule has 2 N–H and O–H groups in total. The summed E-state index contributed by atoms with van der Waals surface area (Å²) < 4.78 is 2.05. The Bertz CT molecular complexity index is 575. The van der Waals surface area contributed by atoms with Gasteiger partial charge in [-0.2, -0.15) is 0 Å². The molecule has 1 heterocycles. The number of hydrogen-bond donors (Lipinski definition) is 2. The van der Waals surface area contributed by atoms with Gasteiger partial charge in [-0.25, -0.2) is 9.78 Å². The third-order valence-electron chi connectivity index (χ3n) is 2.98. The van der Waals surface area contributed by atoms with E-state index in [0.29, 0.717) is 5.52 Å². The lowest BCUT2D eigenvalue weighted by atomic mass is 10.2. The fraction of sp³-hybridized carbons (Fsp3) is 0.385. The predicted octanol–water partition coefficient (Wildman–Crippen LogP) is 1.82. The summed E-state index contributed by atoms with van der Waals surface area (Å²) in [6.07, 6.45) is 1.63. The highest BCUT2D eigenvalue weighted by Crippen LogP contribution is 2.18. The van der Waals surface area contributed by atoms with Crippen LogP contribution in [0, 0.1) is 6.92 Å². The molecule has 2 aromatic rings. The lowest BCUT2D eigenvalue weighted by Crippen LogP contribution is -2.01. The number of aliphatic hydroxyl groups is 1. The summed E-state index contributed by atoms with van der Waals surface area (Å²) in [6, 6.07) is 4.97. The molecule has 0 bridgehead atoms. The largest absolute Gasteiger partial charge is 0.478 e. The van der Waals surface area contributed by atoms with E-state index in [1.807, 2.05) is 6.92 Å². The van der Waals surface area contributed by atoms with Crippen LogP contribution in [-0.4, -0.2) is 32.3 Å². The number of imidazole rings is 1. The number of fused-ring (bicyclic) bond motifs is 1. The number of hydrogen-bond acceptors (Lipinski definition) is 3. The van der Waals surface area contributed by atoms with Crippen LogP contribution in [0.15, 0.2) is 18.2 Å². The van der Waals surface area contributed by atoms with Crippen LogP contribution in [0.4, 0.5) is 0 Å². The van der Waals surface area contributed by atoms with Gasteiger partial charge in [0.25, 0.3) is 0 Å². The summed E-state index contributed by atoms with van der Waals surface area (Å²) in [6.45, 7) is 2.88. The smallest absolute Gasteiger partial charge is 0.335 e. The van der Waals surface area contributed by atoms with E-state index in [1.54, 1.807) is 18.2 Å². The van der Waals surface area contributed by atoms with Crippen molar-refractivity contribution in [2.24, 2.45) is 0 Å². The van der Waals surface area contributed by atoms with Gasteiger partial charge in [0.2, 0.25) is 0 Å². The highest BCUT2D eigenvalue weighted by atomic mass is 16.4. The summed E-state index contributed by atoms with van der Waals surface area (Å²) in [5.41, 5.74) is 1.90. The van der Waals surface area contributed by atoms with Gasteiger partial charge in [-0.3, -0.25) is 0 Å². The lowest BCUT2D eigenvalue weighted by Gasteiger charge is -2.05. The molecule has 1 aromatic carbocycles. The van der Waals surface area contributed by atoms with Gasteiger partial charge in [0, 0.05) is 13.2 Å². The van der Waals surface area contributed by atoms with E-state index in [4.69, 9.17) is 10.2 Å². The number of benzene rings is 1. The van der Waals surface area contributed by atoms with E-state index in [0.717, 1.165) is 30.7 Å². The van der Waals surface area contributed by atoms with Crippen molar-refractivity contribution in [2.75, 3.05) is 6.61 Å². The number of aliphatic hydroxyl groups excluding tert-OH is 1. The van der Waals surface area contributed by atoms with E-state index in [9.17, 15) is 4.79 Å². The predicted molar refractivity (Wildman–Crippen MR) is 67.7 cm³/mol. The van der Waals surface area contributed by atoms with Crippen molar-refractivity contribution in [3.8, 4) is 0 Å². The molecule has 0 saturated heterocycles. The zero-order valence-corrected chi connectivity index (χ0v) is 10.3. The Morgan fingerprint density at radius 1 is 1.39 bits per heavy atom. The molecule has 18 heavy (non-hydrogen) atoms. The zero-order valence-electron chi connectivity index (χ0n) is 10.3. The average molecular weight is 248 g/mol. The Morgan fingerprint density at radius 3 is 2.83 bits per heavy atom. The Balaban J connectivity index is 2.36. The van der Waals surface area contributed by atoms with Crippen molar-refractivity contribution in [2.45, 2.75) is 26.3 Å². The summed E-state index contributed by atoms with van der Waals surface area (Å²) in [5, 5.41) is 17.7. The van der Waals surface area contributed by atoms with Gasteiger partial charge in [-0.1, -0.05) is 0 Å². The molecular formula is C13H16N2O3. The second-order valence-electron chi connectivity index (χ2n) is 4.25. The number of unbranched alkanes of at least 4 members (excludes halogenated alkanes) is 1. The summed E-state index contributed by atoms with van der Waals surface area (Å²) in [7, 11) is 0. The third-order valence-corrected chi connectivity index (χ3v) is 2.98. The van der Waals surface area contributed by atoms with Crippen molar-refractivity contribution in [3.05, 3.63) is 29.6 Å². The standard InChI is InChI=1S/C13H16N2O3/c1-9-14-11-8-10(13(17)18)4-5-12(11)15(9)6-2-3-7-16/h4-5,8,16H,2-3,6-7H2,1H3,(H,17,18). The Hall–Kier alpha value is -1.88. The van der Waals surface area contributed by atoms with Crippen molar-refractivity contribution in [3.63, 3.8) is 0 Å². The number of aryl methyl sites for hydroxylation is 2. The second kappa shape index (κ2) is 5.18. The van der Waals surface area contributed by atoms with Crippen LogP contribution >= 0.6 is 0 Å². The molecule has 0 saturated carbocycles. The van der Waals surface area contributed by atoms with E-state index in [1.165, 1.54) is 0 Å². The first kappa shape index (κ1) is 12.6. The molecule has 0 aliphatic rings. The van der Waals surface area contributed by atoms with Gasteiger partial charge in [0.05, 0.1) is 16.6 Å². The topological polar surface area (TPSA) is 75.3 Å². The molecule has 0 unspecified atom stereocenters. The number of carboxylic acid groups (broad SMARTS) is 1. The molecule has 0 fully saturated rings. The zero-order chi connectivity index (χ0) is 13.1. The molecule has 2 rings (SSSR count). The second-order valence-corrected chi connectivity index (χ2v) is 4.25. The maximum absolute atomic E-state index is 10.9. The van der Waals surface area contributed by atoms with Crippen LogP contribution in [0.3, 0.4) is 0 Å². The highest BCUT2D eigenvalue weighted by molar-refractivity contribution is 5.92. The van der Waals surface area contributed by atoms with Gasteiger partial charge in [-0.15, -0.1) is 0 Å². The van der Waals surface area contributed by atoms with Gasteiger partial charge in [-0.05, 0) is 38.0 Å². The first-order chi connectivity index (χ1) is 8.63. The molecule has 1 aromatic heterocycles.